The van der Waals surface area contributed by atoms with E-state index < -0.39 is 0 Å². The number of benzene rings is 3. The third-order valence-electron chi connectivity index (χ3n) is 6.53. The van der Waals surface area contributed by atoms with Crippen LogP contribution in [0.4, 0.5) is 0 Å². The summed E-state index contributed by atoms with van der Waals surface area (Å²) in [4.78, 5) is 2.42. The van der Waals surface area contributed by atoms with Crippen molar-refractivity contribution in [2.24, 2.45) is 0 Å². The minimum absolute atomic E-state index is 0.267. The van der Waals surface area contributed by atoms with Crippen molar-refractivity contribution in [1.82, 2.24) is 4.90 Å². The second-order valence-corrected chi connectivity index (χ2v) is 9.13. The Hall–Kier alpha value is -3.08. The number of likely N-dealkylation sites (tertiary alicyclic amines) is 1. The van der Waals surface area contributed by atoms with Gasteiger partial charge in [0.1, 0.15) is 11.5 Å². The normalized spacial score (nSPS) is 15.3. The number of aromatic hydroxyl groups is 1. The predicted octanol–water partition coefficient (Wildman–Crippen LogP) is 6.32. The molecule has 0 aromatic heterocycles. The maximum Gasteiger partial charge on any atom is 0.119 e. The number of aliphatic hydroxyl groups is 1. The fourth-order valence-electron chi connectivity index (χ4n) is 4.32. The molecule has 4 rings (SSSR count). The highest BCUT2D eigenvalue weighted by Gasteiger charge is 2.20. The van der Waals surface area contributed by atoms with Crippen LogP contribution in [0.2, 0.25) is 0 Å². The number of ether oxygens (including phenoxy) is 1. The molecule has 0 aliphatic carbocycles. The Kier molecular flexibility index (Phi) is 10.9. The Bertz CT molecular complexity index is 1000. The first kappa shape index (κ1) is 26.5. The van der Waals surface area contributed by atoms with E-state index in [2.05, 4.69) is 30.7 Å². The van der Waals surface area contributed by atoms with E-state index in [0.29, 0.717) is 12.6 Å². The summed E-state index contributed by atoms with van der Waals surface area (Å²) in [6.45, 7) is 6.43. The van der Waals surface area contributed by atoms with Gasteiger partial charge in [0.2, 0.25) is 0 Å². The minimum Gasteiger partial charge on any atom is -0.508 e. The standard InChI is InChI=1S/C21H25NO2.C10H14O/c1-16(17-5-9-20(23)10-6-17)18-7-11-21(12-8-18)24-15-13-19-4-3-14-22(19)2;11-9-5-4-8-10-6-2-1-3-7-10/h5-12,19,23H,1,3-4,13-15H2,2H3;1-3,6-7,11H,4-5,8-9H2/t19-;/m1./s1. The molecule has 3 aromatic carbocycles. The molecule has 2 N–H and O–H groups in total. The van der Waals surface area contributed by atoms with Crippen LogP contribution in [0.15, 0.2) is 85.4 Å². The van der Waals surface area contributed by atoms with E-state index in [-0.39, 0.29) is 5.75 Å². The Morgan fingerprint density at radius 1 is 0.943 bits per heavy atom. The molecule has 1 atom stereocenters. The summed E-state index contributed by atoms with van der Waals surface area (Å²) in [5, 5.41) is 17.9. The van der Waals surface area contributed by atoms with Crippen LogP contribution in [0.1, 0.15) is 48.8 Å². The summed E-state index contributed by atoms with van der Waals surface area (Å²) >= 11 is 0. The molecule has 0 unspecified atom stereocenters. The maximum atomic E-state index is 9.37. The average Bonchev–Trinajstić information content (AvgIpc) is 3.30. The summed E-state index contributed by atoms with van der Waals surface area (Å²) in [5.41, 5.74) is 4.37. The van der Waals surface area contributed by atoms with Gasteiger partial charge in [0.05, 0.1) is 6.61 Å². The highest BCUT2D eigenvalue weighted by molar-refractivity contribution is 5.78. The van der Waals surface area contributed by atoms with Crippen LogP contribution in [0.5, 0.6) is 11.5 Å². The van der Waals surface area contributed by atoms with Crippen LogP contribution in [0.3, 0.4) is 0 Å². The molecule has 186 valence electrons. The number of hydrogen-bond donors (Lipinski definition) is 2. The molecule has 0 spiro atoms. The highest BCUT2D eigenvalue weighted by atomic mass is 16.5. The number of aliphatic hydroxyl groups excluding tert-OH is 1. The lowest BCUT2D eigenvalue weighted by atomic mass is 9.99. The van der Waals surface area contributed by atoms with Crippen LogP contribution >= 0.6 is 0 Å². The van der Waals surface area contributed by atoms with Crippen molar-refractivity contribution in [3.8, 4) is 11.5 Å². The van der Waals surface area contributed by atoms with E-state index in [1.807, 2.05) is 54.6 Å². The zero-order valence-corrected chi connectivity index (χ0v) is 20.9. The van der Waals surface area contributed by atoms with Gasteiger partial charge in [-0.2, -0.15) is 0 Å². The fourth-order valence-corrected chi connectivity index (χ4v) is 4.32. The van der Waals surface area contributed by atoms with E-state index in [4.69, 9.17) is 9.84 Å². The molecule has 35 heavy (non-hydrogen) atoms. The number of rotatable bonds is 10. The molecule has 4 heteroatoms. The van der Waals surface area contributed by atoms with Crippen molar-refractivity contribution in [2.75, 3.05) is 26.8 Å². The molecule has 1 saturated heterocycles. The third-order valence-corrected chi connectivity index (χ3v) is 6.53. The van der Waals surface area contributed by atoms with Crippen LogP contribution in [0, 0.1) is 0 Å². The Balaban J connectivity index is 0.000000261. The molecule has 0 bridgehead atoms. The van der Waals surface area contributed by atoms with Crippen LogP contribution in [0.25, 0.3) is 5.57 Å². The number of hydrogen-bond acceptors (Lipinski definition) is 4. The Morgan fingerprint density at radius 3 is 2.20 bits per heavy atom. The van der Waals surface area contributed by atoms with E-state index in [0.717, 1.165) is 54.7 Å². The summed E-state index contributed by atoms with van der Waals surface area (Å²) in [6, 6.07) is 26.2. The molecule has 1 heterocycles. The molecule has 0 amide bonds. The van der Waals surface area contributed by atoms with Gasteiger partial charge in [-0.05, 0) is 98.6 Å². The number of unbranched alkanes of at least 4 members (excludes halogenated alkanes) is 1. The molecule has 1 fully saturated rings. The topological polar surface area (TPSA) is 52.9 Å². The van der Waals surface area contributed by atoms with Crippen molar-refractivity contribution >= 4 is 5.57 Å². The summed E-state index contributed by atoms with van der Waals surface area (Å²) in [5.74, 6) is 1.17. The zero-order valence-electron chi connectivity index (χ0n) is 20.9. The number of aryl methyl sites for hydroxylation is 1. The van der Waals surface area contributed by atoms with E-state index >= 15 is 0 Å². The van der Waals surface area contributed by atoms with Gasteiger partial charge in [-0.25, -0.2) is 0 Å². The molecular weight excluding hydrogens is 434 g/mol. The summed E-state index contributed by atoms with van der Waals surface area (Å²) in [7, 11) is 2.20. The first-order valence-electron chi connectivity index (χ1n) is 12.6. The van der Waals surface area contributed by atoms with Gasteiger partial charge in [0.15, 0.2) is 0 Å². The second-order valence-electron chi connectivity index (χ2n) is 9.13. The van der Waals surface area contributed by atoms with Crippen molar-refractivity contribution in [2.45, 2.75) is 44.6 Å². The van der Waals surface area contributed by atoms with E-state index in [1.165, 1.54) is 24.9 Å². The first-order valence-corrected chi connectivity index (χ1v) is 12.6. The third kappa shape index (κ3) is 8.89. The summed E-state index contributed by atoms with van der Waals surface area (Å²) < 4.78 is 5.88. The van der Waals surface area contributed by atoms with Gasteiger partial charge in [-0.15, -0.1) is 0 Å². The first-order chi connectivity index (χ1) is 17.1. The monoisotopic (exact) mass is 473 g/mol. The van der Waals surface area contributed by atoms with Crippen molar-refractivity contribution < 1.29 is 14.9 Å². The van der Waals surface area contributed by atoms with Gasteiger partial charge < -0.3 is 19.8 Å². The van der Waals surface area contributed by atoms with E-state index in [9.17, 15) is 5.11 Å². The SMILES string of the molecule is C=C(c1ccc(O)cc1)c1ccc(OCC[C@H]2CCCN2C)cc1.OCCCCc1ccccc1. The van der Waals surface area contributed by atoms with Crippen LogP contribution < -0.4 is 4.74 Å². The fraction of sp³-hybridized carbons (Fsp3) is 0.355. The van der Waals surface area contributed by atoms with Crippen molar-refractivity contribution in [3.05, 3.63) is 102 Å². The second kappa shape index (κ2) is 14.3. The smallest absolute Gasteiger partial charge is 0.119 e. The number of phenols is 1. The molecule has 0 saturated carbocycles. The Labute approximate surface area is 210 Å². The van der Waals surface area contributed by atoms with Crippen molar-refractivity contribution in [3.63, 3.8) is 0 Å². The van der Waals surface area contributed by atoms with Gasteiger partial charge >= 0.3 is 0 Å². The maximum absolute atomic E-state index is 9.37. The van der Waals surface area contributed by atoms with Crippen LogP contribution in [-0.4, -0.2) is 48.0 Å². The minimum atomic E-state index is 0.267. The van der Waals surface area contributed by atoms with E-state index in [1.54, 1.807) is 12.1 Å². The molecule has 4 nitrogen and oxygen atoms in total. The molecule has 1 aliphatic heterocycles. The lowest BCUT2D eigenvalue weighted by Gasteiger charge is -2.19. The summed E-state index contributed by atoms with van der Waals surface area (Å²) in [6.07, 6.45) is 6.75. The molecule has 1 aliphatic rings. The van der Waals surface area contributed by atoms with Gasteiger partial charge in [-0.1, -0.05) is 61.2 Å². The van der Waals surface area contributed by atoms with Gasteiger partial charge in [0, 0.05) is 12.6 Å². The quantitative estimate of drug-likeness (QED) is 0.338. The van der Waals surface area contributed by atoms with Gasteiger partial charge in [-0.3, -0.25) is 0 Å². The van der Waals surface area contributed by atoms with Gasteiger partial charge in [0.25, 0.3) is 0 Å². The lowest BCUT2D eigenvalue weighted by molar-refractivity contribution is 0.233. The molecular formula is C31H39NO3. The largest absolute Gasteiger partial charge is 0.508 e. The number of phenolic OH excluding ortho intramolecular Hbond substituents is 1. The predicted molar refractivity (Wildman–Crippen MR) is 145 cm³/mol. The number of nitrogens with zero attached hydrogens (tertiary/aromatic N) is 1. The zero-order chi connectivity index (χ0) is 24.9. The Morgan fingerprint density at radius 2 is 1.60 bits per heavy atom. The van der Waals surface area contributed by atoms with Crippen LogP contribution in [-0.2, 0) is 6.42 Å². The van der Waals surface area contributed by atoms with Crippen molar-refractivity contribution in [1.29, 1.82) is 0 Å². The average molecular weight is 474 g/mol. The molecule has 3 aromatic rings. The lowest BCUT2D eigenvalue weighted by Crippen LogP contribution is -2.26. The highest BCUT2D eigenvalue weighted by Crippen LogP contribution is 2.25. The molecule has 0 radical (unpaired) electrons.